The average Bonchev–Trinajstić information content (AvgIpc) is 3.73. The fourth-order valence-corrected chi connectivity index (χ4v) is 10.7. The van der Waals surface area contributed by atoms with Crippen molar-refractivity contribution in [2.45, 2.75) is 5.41 Å². The fraction of sp³-hybridized carbons (Fsp3) is 0.0152. The quantitative estimate of drug-likeness (QED) is 0.143. The van der Waals surface area contributed by atoms with Crippen molar-refractivity contribution < 1.29 is 0 Å². The van der Waals surface area contributed by atoms with Crippen LogP contribution in [0.4, 0.5) is 0 Å². The molecular formula is C66H43N3. The highest BCUT2D eigenvalue weighted by molar-refractivity contribution is 6.13. The molecule has 10 aromatic carbocycles. The molecule has 0 N–H and O–H groups in total. The predicted molar refractivity (Wildman–Crippen MR) is 285 cm³/mol. The summed E-state index contributed by atoms with van der Waals surface area (Å²) in [6.45, 7) is 0. The summed E-state index contributed by atoms with van der Waals surface area (Å²) in [6.07, 6.45) is 0. The fourth-order valence-electron chi connectivity index (χ4n) is 10.7. The number of pyridine rings is 1. The molecule has 0 spiro atoms. The lowest BCUT2D eigenvalue weighted by atomic mass is 9.67. The maximum Gasteiger partial charge on any atom is 0.160 e. The first-order chi connectivity index (χ1) is 34.2. The van der Waals surface area contributed by atoms with E-state index in [4.69, 9.17) is 15.0 Å². The van der Waals surface area contributed by atoms with Crippen LogP contribution in [-0.2, 0) is 5.41 Å². The number of nitrogens with zero attached hydrogens (tertiary/aromatic N) is 3. The summed E-state index contributed by atoms with van der Waals surface area (Å²) >= 11 is 0. The number of para-hydroxylation sites is 1. The van der Waals surface area contributed by atoms with Crippen LogP contribution in [0.15, 0.2) is 261 Å². The van der Waals surface area contributed by atoms with Gasteiger partial charge in [-0.05, 0) is 85.3 Å². The lowest BCUT2D eigenvalue weighted by Gasteiger charge is -2.34. The van der Waals surface area contributed by atoms with E-state index in [0.29, 0.717) is 5.82 Å². The van der Waals surface area contributed by atoms with E-state index in [0.717, 1.165) is 66.8 Å². The zero-order chi connectivity index (χ0) is 45.7. The van der Waals surface area contributed by atoms with E-state index < -0.39 is 5.41 Å². The van der Waals surface area contributed by atoms with Gasteiger partial charge in [0.25, 0.3) is 0 Å². The van der Waals surface area contributed by atoms with Crippen molar-refractivity contribution in [2.24, 2.45) is 0 Å². The Balaban J connectivity index is 0.891. The Labute approximate surface area is 401 Å². The molecule has 2 aromatic heterocycles. The van der Waals surface area contributed by atoms with Gasteiger partial charge in [0.1, 0.15) is 0 Å². The van der Waals surface area contributed by atoms with E-state index in [1.165, 1.54) is 49.9 Å². The van der Waals surface area contributed by atoms with E-state index in [2.05, 4.69) is 237 Å². The molecule has 2 heterocycles. The second-order valence-electron chi connectivity index (χ2n) is 17.9. The maximum absolute atomic E-state index is 5.45. The minimum Gasteiger partial charge on any atom is -0.247 e. The molecule has 1 aliphatic rings. The van der Waals surface area contributed by atoms with E-state index in [1.54, 1.807) is 0 Å². The molecule has 0 aliphatic heterocycles. The summed E-state index contributed by atoms with van der Waals surface area (Å²) < 4.78 is 0. The van der Waals surface area contributed by atoms with E-state index >= 15 is 0 Å². The van der Waals surface area contributed by atoms with Gasteiger partial charge in [0.2, 0.25) is 0 Å². The summed E-state index contributed by atoms with van der Waals surface area (Å²) in [4.78, 5) is 15.7. The molecule has 322 valence electrons. The molecular weight excluding hydrogens is 835 g/mol. The van der Waals surface area contributed by atoms with Crippen LogP contribution in [-0.4, -0.2) is 15.0 Å². The molecule has 0 bridgehead atoms. The molecule has 3 heteroatoms. The number of fused-ring (bicyclic) bond motifs is 6. The molecule has 69 heavy (non-hydrogen) atoms. The van der Waals surface area contributed by atoms with Gasteiger partial charge in [-0.25, -0.2) is 15.0 Å². The number of hydrogen-bond acceptors (Lipinski definition) is 3. The molecule has 0 saturated heterocycles. The zero-order valence-corrected chi connectivity index (χ0v) is 37.7. The molecule has 0 amide bonds. The van der Waals surface area contributed by atoms with Gasteiger partial charge >= 0.3 is 0 Å². The third-order valence-corrected chi connectivity index (χ3v) is 14.0. The van der Waals surface area contributed by atoms with E-state index in [-0.39, 0.29) is 0 Å². The standard InChI is InChI=1S/C66H43N3/c1-5-17-44(18-6-1)45-29-35-48(36-30-45)62-43-63(69-65(68-62)51-19-7-2-8-20-51)49-37-31-46(32-38-49)47-33-39-50(40-34-47)64-58-42-60-57(41-56(58)55-26-14-16-28-61(55)67-64)54-25-13-15-27-59(54)66(60,52-21-9-3-10-22-52)53-23-11-4-12-24-53/h1-43H. The second-order valence-corrected chi connectivity index (χ2v) is 17.9. The average molecular weight is 878 g/mol. The SMILES string of the molecule is c1ccc(-c2ccc(-c3cc(-c4ccc(-c5ccc(-c6nc7ccccc7c7cc8c(cc67)C(c6ccccc6)(c6ccccc6)c6ccccc6-8)cc5)cc4)nc(-c4ccccc4)n3)cc2)cc1. The summed E-state index contributed by atoms with van der Waals surface area (Å²) in [7, 11) is 0. The minimum absolute atomic E-state index is 0.508. The Morgan fingerprint density at radius 1 is 0.261 bits per heavy atom. The Morgan fingerprint density at radius 2 is 0.710 bits per heavy atom. The van der Waals surface area contributed by atoms with Gasteiger partial charge in [-0.15, -0.1) is 0 Å². The highest BCUT2D eigenvalue weighted by Crippen LogP contribution is 2.57. The lowest BCUT2D eigenvalue weighted by Crippen LogP contribution is -2.28. The Bertz CT molecular complexity index is 3790. The molecule has 1 aliphatic carbocycles. The molecule has 12 aromatic rings. The first-order valence-corrected chi connectivity index (χ1v) is 23.6. The van der Waals surface area contributed by atoms with Gasteiger partial charge in [-0.2, -0.15) is 0 Å². The van der Waals surface area contributed by atoms with Crippen molar-refractivity contribution in [1.82, 2.24) is 15.0 Å². The predicted octanol–water partition coefficient (Wildman–Crippen LogP) is 16.5. The van der Waals surface area contributed by atoms with Gasteiger partial charge in [-0.3, -0.25) is 0 Å². The summed E-state index contributed by atoms with van der Waals surface area (Å²) in [5.41, 5.74) is 19.6. The first-order valence-electron chi connectivity index (χ1n) is 23.6. The molecule has 0 saturated carbocycles. The van der Waals surface area contributed by atoms with Crippen LogP contribution in [0.2, 0.25) is 0 Å². The highest BCUT2D eigenvalue weighted by Gasteiger charge is 2.46. The van der Waals surface area contributed by atoms with E-state index in [9.17, 15) is 0 Å². The van der Waals surface area contributed by atoms with Crippen molar-refractivity contribution in [3.63, 3.8) is 0 Å². The van der Waals surface area contributed by atoms with Crippen LogP contribution in [0.3, 0.4) is 0 Å². The third kappa shape index (κ3) is 6.86. The lowest BCUT2D eigenvalue weighted by molar-refractivity contribution is 0.769. The summed E-state index contributed by atoms with van der Waals surface area (Å²) in [5.74, 6) is 0.699. The van der Waals surface area contributed by atoms with Crippen molar-refractivity contribution in [1.29, 1.82) is 0 Å². The number of rotatable bonds is 8. The van der Waals surface area contributed by atoms with Gasteiger partial charge in [-0.1, -0.05) is 237 Å². The van der Waals surface area contributed by atoms with Crippen LogP contribution < -0.4 is 0 Å². The first kappa shape index (κ1) is 40.2. The largest absolute Gasteiger partial charge is 0.247 e. The highest BCUT2D eigenvalue weighted by atomic mass is 14.9. The van der Waals surface area contributed by atoms with Crippen molar-refractivity contribution in [2.75, 3.05) is 0 Å². The van der Waals surface area contributed by atoms with Crippen LogP contribution >= 0.6 is 0 Å². The summed E-state index contributed by atoms with van der Waals surface area (Å²) in [5, 5.41) is 3.49. The monoisotopic (exact) mass is 877 g/mol. The smallest absolute Gasteiger partial charge is 0.160 e. The van der Waals surface area contributed by atoms with Gasteiger partial charge in [0.15, 0.2) is 5.82 Å². The van der Waals surface area contributed by atoms with Crippen LogP contribution in [0.5, 0.6) is 0 Å². The normalized spacial score (nSPS) is 12.5. The number of aromatic nitrogens is 3. The molecule has 0 unspecified atom stereocenters. The Kier molecular flexibility index (Phi) is 9.73. The van der Waals surface area contributed by atoms with Gasteiger partial charge in [0, 0.05) is 33.0 Å². The molecule has 3 nitrogen and oxygen atoms in total. The van der Waals surface area contributed by atoms with Crippen LogP contribution in [0.1, 0.15) is 22.3 Å². The topological polar surface area (TPSA) is 38.7 Å². The molecule has 0 atom stereocenters. The molecule has 0 fully saturated rings. The molecule has 0 radical (unpaired) electrons. The minimum atomic E-state index is -0.508. The van der Waals surface area contributed by atoms with Crippen LogP contribution in [0, 0.1) is 0 Å². The van der Waals surface area contributed by atoms with Crippen molar-refractivity contribution in [3.8, 4) is 78.5 Å². The maximum atomic E-state index is 5.45. The van der Waals surface area contributed by atoms with Gasteiger partial charge < -0.3 is 0 Å². The van der Waals surface area contributed by atoms with Gasteiger partial charge in [0.05, 0.1) is 28.0 Å². The second kappa shape index (κ2) is 16.7. The van der Waals surface area contributed by atoms with E-state index in [1.807, 2.05) is 24.3 Å². The van der Waals surface area contributed by atoms with Crippen molar-refractivity contribution in [3.05, 3.63) is 283 Å². The molecule has 13 rings (SSSR count). The van der Waals surface area contributed by atoms with Crippen molar-refractivity contribution >= 4 is 21.7 Å². The third-order valence-electron chi connectivity index (χ3n) is 14.0. The zero-order valence-electron chi connectivity index (χ0n) is 37.7. The number of benzene rings is 10. The van der Waals surface area contributed by atoms with Crippen LogP contribution in [0.25, 0.3) is 100 Å². The Hall–Kier alpha value is -9.05. The number of hydrogen-bond donors (Lipinski definition) is 0. The Morgan fingerprint density at radius 3 is 1.29 bits per heavy atom. The summed E-state index contributed by atoms with van der Waals surface area (Å²) in [6, 6.07) is 93.5.